The molecule has 0 aliphatic heterocycles. The second kappa shape index (κ2) is 6.56. The van der Waals surface area contributed by atoms with E-state index in [1.54, 1.807) is 0 Å². The lowest BCUT2D eigenvalue weighted by Crippen LogP contribution is -2.60. The lowest BCUT2D eigenvalue weighted by molar-refractivity contribution is 1.56. The minimum Gasteiger partial charge on any atom is -0.659 e. The van der Waals surface area contributed by atoms with Crippen molar-refractivity contribution in [1.29, 1.82) is 0 Å². The summed E-state index contributed by atoms with van der Waals surface area (Å²) in [5.41, 5.74) is 0. The predicted molar refractivity (Wildman–Crippen MR) is 99.6 cm³/mol. The van der Waals surface area contributed by atoms with E-state index in [0.29, 0.717) is 0 Å². The Kier molecular flexibility index (Phi) is 4.98. The van der Waals surface area contributed by atoms with Crippen LogP contribution < -0.4 is 10.4 Å². The summed E-state index contributed by atoms with van der Waals surface area (Å²) < 4.78 is 5.48. The second-order valence-corrected chi connectivity index (χ2v) is 14.9. The lowest BCUT2D eigenvalue weighted by Gasteiger charge is -2.52. The Balaban J connectivity index is 2.63. The number of rotatable bonds is 6. The van der Waals surface area contributed by atoms with Gasteiger partial charge in [-0.15, -0.1) is 6.58 Å². The maximum Gasteiger partial charge on any atom is 0.0148 e. The highest BCUT2D eigenvalue weighted by molar-refractivity contribution is 7.15. The highest BCUT2D eigenvalue weighted by atomic mass is 28.4. The summed E-state index contributed by atoms with van der Waals surface area (Å²) in [5, 5.41) is 2.78. The minimum atomic E-state index is -2.11. The molecule has 0 radical (unpaired) electrons. The molecule has 0 unspecified atom stereocenters. The van der Waals surface area contributed by atoms with Crippen LogP contribution in [-0.4, -0.2) is 16.5 Å². The van der Waals surface area contributed by atoms with E-state index in [2.05, 4.69) is 93.0 Å². The number of nitrogens with zero attached hydrogens (tertiary/aromatic N) is 1. The quantitative estimate of drug-likeness (QED) is 0.562. The van der Waals surface area contributed by atoms with Crippen molar-refractivity contribution in [3.63, 3.8) is 0 Å². The molecule has 2 rings (SSSR count). The van der Waals surface area contributed by atoms with E-state index < -0.39 is 16.5 Å². The zero-order valence-electron chi connectivity index (χ0n) is 13.2. The smallest absolute Gasteiger partial charge is 0.0148 e. The van der Waals surface area contributed by atoms with E-state index in [-0.39, 0.29) is 0 Å². The summed E-state index contributed by atoms with van der Waals surface area (Å²) >= 11 is 0. The molecule has 0 saturated carbocycles. The largest absolute Gasteiger partial charge is 0.659 e. The van der Waals surface area contributed by atoms with E-state index in [9.17, 15) is 0 Å². The molecule has 3 heteroatoms. The van der Waals surface area contributed by atoms with Crippen LogP contribution in [0.15, 0.2) is 73.3 Å². The van der Waals surface area contributed by atoms with Gasteiger partial charge in [-0.2, -0.15) is 0 Å². The molecule has 0 aliphatic rings. The molecule has 0 fully saturated rings. The van der Waals surface area contributed by atoms with Gasteiger partial charge in [-0.3, -0.25) is 0 Å². The van der Waals surface area contributed by atoms with Gasteiger partial charge < -0.3 is 4.65 Å². The molecule has 0 aromatic heterocycles. The molecule has 0 atom stereocenters. The fraction of sp³-hybridized carbons (Fsp3) is 0.222. The third kappa shape index (κ3) is 3.81. The second-order valence-electron chi connectivity index (χ2n) is 6.37. The van der Waals surface area contributed by atoms with Crippen LogP contribution in [0.4, 0.5) is 0 Å². The summed E-state index contributed by atoms with van der Waals surface area (Å²) in [6, 6.07) is 22.6. The van der Waals surface area contributed by atoms with Crippen molar-refractivity contribution in [2.45, 2.75) is 25.7 Å². The Hall–Kier alpha value is -1.43. The Morgan fingerprint density at radius 2 is 1.29 bits per heavy atom. The molecule has 0 N–H and O–H groups in total. The maximum absolute atomic E-state index is 5.48. The first kappa shape index (κ1) is 16.0. The molecule has 0 heterocycles. The summed E-state index contributed by atoms with van der Waals surface area (Å²) in [6.45, 7) is 11.0. The van der Waals surface area contributed by atoms with Crippen LogP contribution in [0, 0.1) is 0 Å². The monoisotopic (exact) mass is 310 g/mol. The average molecular weight is 311 g/mol. The Morgan fingerprint density at radius 1 is 0.857 bits per heavy atom. The van der Waals surface area contributed by atoms with Gasteiger partial charge in [0.1, 0.15) is 0 Å². The molecule has 0 bridgehead atoms. The van der Waals surface area contributed by atoms with Crippen LogP contribution in [0.25, 0.3) is 4.65 Å². The first-order chi connectivity index (χ1) is 9.98. The van der Waals surface area contributed by atoms with Crippen molar-refractivity contribution in [2.75, 3.05) is 0 Å². The van der Waals surface area contributed by atoms with Gasteiger partial charge >= 0.3 is 0 Å². The Bertz CT molecular complexity index is 534. The van der Waals surface area contributed by atoms with E-state index >= 15 is 0 Å². The Labute approximate surface area is 130 Å². The molecule has 0 aliphatic carbocycles. The van der Waals surface area contributed by atoms with Crippen molar-refractivity contribution >= 4 is 26.8 Å². The predicted octanol–water partition coefficient (Wildman–Crippen LogP) is 4.14. The van der Waals surface area contributed by atoms with E-state index in [4.69, 9.17) is 4.65 Å². The molecule has 2 aromatic rings. The zero-order valence-corrected chi connectivity index (χ0v) is 15.2. The summed E-state index contributed by atoms with van der Waals surface area (Å²) in [6.07, 6.45) is 2.05. The molecule has 21 heavy (non-hydrogen) atoms. The summed E-state index contributed by atoms with van der Waals surface area (Å²) in [7, 11) is -3.67. The molecular weight excluding hydrogens is 286 g/mol. The summed E-state index contributed by atoms with van der Waals surface area (Å²) in [5.74, 6) is 0. The number of hydrogen-bond donors (Lipinski definition) is 0. The van der Waals surface area contributed by atoms with Crippen molar-refractivity contribution in [3.05, 3.63) is 78.0 Å². The van der Waals surface area contributed by atoms with Crippen LogP contribution in [0.2, 0.25) is 25.7 Å². The fourth-order valence-electron chi connectivity index (χ4n) is 2.79. The third-order valence-electron chi connectivity index (χ3n) is 3.47. The van der Waals surface area contributed by atoms with Crippen molar-refractivity contribution in [3.8, 4) is 0 Å². The van der Waals surface area contributed by atoms with E-state index in [0.717, 1.165) is 6.04 Å². The highest BCUT2D eigenvalue weighted by Crippen LogP contribution is 2.25. The minimum absolute atomic E-state index is 0.964. The van der Waals surface area contributed by atoms with Gasteiger partial charge in [0.05, 0.1) is 0 Å². The molecule has 1 nitrogen and oxygen atoms in total. The number of benzene rings is 2. The third-order valence-corrected chi connectivity index (χ3v) is 11.1. The number of allylic oxidation sites excluding steroid dienone is 1. The molecule has 110 valence electrons. The van der Waals surface area contributed by atoms with Gasteiger partial charge in [0, 0.05) is 8.24 Å². The molecule has 0 amide bonds. The molecule has 2 aromatic carbocycles. The van der Waals surface area contributed by atoms with Gasteiger partial charge in [-0.25, -0.2) is 0 Å². The van der Waals surface area contributed by atoms with Crippen LogP contribution >= 0.6 is 0 Å². The lowest BCUT2D eigenvalue weighted by atomic mass is 10.4. The first-order valence-electron chi connectivity index (χ1n) is 7.44. The fourth-order valence-corrected chi connectivity index (χ4v) is 11.5. The van der Waals surface area contributed by atoms with Crippen molar-refractivity contribution < 1.29 is 0 Å². The van der Waals surface area contributed by atoms with Gasteiger partial charge in [0.25, 0.3) is 0 Å². The van der Waals surface area contributed by atoms with Crippen LogP contribution in [0.5, 0.6) is 0 Å². The van der Waals surface area contributed by atoms with Crippen LogP contribution in [-0.2, 0) is 0 Å². The highest BCUT2D eigenvalue weighted by Gasteiger charge is 2.28. The van der Waals surface area contributed by atoms with Gasteiger partial charge in [-0.1, -0.05) is 105 Å². The van der Waals surface area contributed by atoms with Crippen molar-refractivity contribution in [2.24, 2.45) is 0 Å². The van der Waals surface area contributed by atoms with Crippen LogP contribution in [0.1, 0.15) is 0 Å². The van der Waals surface area contributed by atoms with E-state index in [1.807, 2.05) is 0 Å². The SMILES string of the molecule is C=CC[Si]([N-][Si](C)(C)C)(c1ccccc1)c1ccccc1. The maximum atomic E-state index is 5.48. The Morgan fingerprint density at radius 3 is 1.62 bits per heavy atom. The molecular formula is C18H24NSi2-. The topological polar surface area (TPSA) is 14.1 Å². The molecule has 0 saturated heterocycles. The summed E-state index contributed by atoms with van der Waals surface area (Å²) in [4.78, 5) is 0. The van der Waals surface area contributed by atoms with Gasteiger partial charge in [0.15, 0.2) is 0 Å². The normalized spacial score (nSPS) is 12.1. The van der Waals surface area contributed by atoms with Gasteiger partial charge in [-0.05, 0) is 6.04 Å². The number of hydrogen-bond acceptors (Lipinski definition) is 0. The average Bonchev–Trinajstić information content (AvgIpc) is 2.47. The van der Waals surface area contributed by atoms with Crippen LogP contribution in [0.3, 0.4) is 0 Å². The zero-order chi connectivity index (χ0) is 15.3. The van der Waals surface area contributed by atoms with Crippen molar-refractivity contribution in [1.82, 2.24) is 0 Å². The van der Waals surface area contributed by atoms with E-state index in [1.165, 1.54) is 10.4 Å². The molecule has 0 spiro atoms. The standard InChI is InChI=1S/C18H24NSi2/c1-5-16-21(19-20(2,3)4,17-12-8-6-9-13-17)18-14-10-7-11-15-18/h5-15H,1,16H2,2-4H3/q-1. The van der Waals surface area contributed by atoms with Gasteiger partial charge in [0.2, 0.25) is 0 Å². The first-order valence-corrected chi connectivity index (χ1v) is 13.0.